The lowest BCUT2D eigenvalue weighted by Gasteiger charge is -2.31. The highest BCUT2D eigenvalue weighted by molar-refractivity contribution is 5.78. The van der Waals surface area contributed by atoms with Crippen LogP contribution in [0, 0.1) is 0 Å². The van der Waals surface area contributed by atoms with Gasteiger partial charge in [0, 0.05) is 13.1 Å². The van der Waals surface area contributed by atoms with Gasteiger partial charge in [-0.15, -0.1) is 0 Å². The predicted molar refractivity (Wildman–Crippen MR) is 80.0 cm³/mol. The molecule has 1 fully saturated rings. The molecule has 5 nitrogen and oxygen atoms in total. The van der Waals surface area contributed by atoms with Gasteiger partial charge >= 0.3 is 6.18 Å². The van der Waals surface area contributed by atoms with Crippen molar-refractivity contribution in [2.24, 2.45) is 0 Å². The molecule has 8 heteroatoms. The molecule has 0 aliphatic carbocycles. The van der Waals surface area contributed by atoms with Gasteiger partial charge < -0.3 is 4.90 Å². The maximum absolute atomic E-state index is 12.7. The molecular weight excluding hydrogens is 321 g/mol. The maximum Gasteiger partial charge on any atom is 0.416 e. The third kappa shape index (κ3) is 3.74. The molecule has 1 amide bonds. The number of alkyl halides is 3. The Bertz CT molecular complexity index is 692. The number of amides is 1. The van der Waals surface area contributed by atoms with Crippen LogP contribution in [0.5, 0.6) is 0 Å². The average Bonchev–Trinajstić information content (AvgIpc) is 3.09. The largest absolute Gasteiger partial charge is 0.416 e. The molecule has 2 heterocycles. The van der Waals surface area contributed by atoms with Gasteiger partial charge in [0.1, 0.15) is 0 Å². The minimum atomic E-state index is -4.39. The van der Waals surface area contributed by atoms with Crippen molar-refractivity contribution in [2.45, 2.75) is 31.5 Å². The molecule has 0 radical (unpaired) electrons. The van der Waals surface area contributed by atoms with Crippen molar-refractivity contribution in [1.29, 1.82) is 0 Å². The number of benzene rings is 1. The molecule has 0 spiro atoms. The zero-order valence-electron chi connectivity index (χ0n) is 12.9. The van der Waals surface area contributed by atoms with E-state index in [0.717, 1.165) is 25.0 Å². The molecular formula is C16H17F3N4O. The van der Waals surface area contributed by atoms with Crippen molar-refractivity contribution in [3.05, 3.63) is 47.8 Å². The Balaban J connectivity index is 1.58. The summed E-state index contributed by atoms with van der Waals surface area (Å²) in [5.41, 5.74) is -0.345. The Kier molecular flexibility index (Phi) is 4.55. The van der Waals surface area contributed by atoms with Crippen LogP contribution in [0.15, 0.2) is 36.7 Å². The summed E-state index contributed by atoms with van der Waals surface area (Å²) in [6.07, 6.45) is 0.297. The average molecular weight is 338 g/mol. The van der Waals surface area contributed by atoms with E-state index in [0.29, 0.717) is 18.7 Å². The molecule has 1 aromatic carbocycles. The Morgan fingerprint density at radius 1 is 1.17 bits per heavy atom. The summed E-state index contributed by atoms with van der Waals surface area (Å²) < 4.78 is 38.2. The van der Waals surface area contributed by atoms with E-state index in [4.69, 9.17) is 0 Å². The zero-order valence-corrected chi connectivity index (χ0v) is 12.9. The Hall–Kier alpha value is -2.38. The molecule has 0 atom stereocenters. The lowest BCUT2D eigenvalue weighted by Crippen LogP contribution is -2.40. The monoisotopic (exact) mass is 338 g/mol. The second-order valence-electron chi connectivity index (χ2n) is 5.84. The lowest BCUT2D eigenvalue weighted by atomic mass is 10.0. The highest BCUT2D eigenvalue weighted by Crippen LogP contribution is 2.30. The van der Waals surface area contributed by atoms with Crippen LogP contribution in [0.3, 0.4) is 0 Å². The number of rotatable bonds is 3. The first-order valence-corrected chi connectivity index (χ1v) is 7.73. The summed E-state index contributed by atoms with van der Waals surface area (Å²) in [6, 6.07) is 5.10. The molecule has 0 bridgehead atoms. The fourth-order valence-electron chi connectivity index (χ4n) is 2.90. The molecule has 128 valence electrons. The molecule has 1 aromatic heterocycles. The first-order chi connectivity index (χ1) is 11.4. The van der Waals surface area contributed by atoms with Gasteiger partial charge in [-0.1, -0.05) is 18.2 Å². The fourth-order valence-corrected chi connectivity index (χ4v) is 2.90. The SMILES string of the molecule is O=C(Cc1cccc(C(F)(F)F)c1)N1CCC(n2nccn2)CC1. The second-order valence-corrected chi connectivity index (χ2v) is 5.84. The van der Waals surface area contributed by atoms with Crippen LogP contribution in [0.25, 0.3) is 0 Å². The molecule has 1 aliphatic rings. The standard InChI is InChI=1S/C16H17F3N4O/c17-16(18,19)13-3-1-2-12(10-13)11-15(24)22-8-4-14(5-9-22)23-20-6-7-21-23/h1-3,6-7,10,14H,4-5,8-9,11H2. The quantitative estimate of drug-likeness (QED) is 0.865. The summed E-state index contributed by atoms with van der Waals surface area (Å²) >= 11 is 0. The second kappa shape index (κ2) is 6.62. The van der Waals surface area contributed by atoms with E-state index < -0.39 is 11.7 Å². The minimum absolute atomic E-state index is 0.0192. The van der Waals surface area contributed by atoms with E-state index in [-0.39, 0.29) is 18.4 Å². The summed E-state index contributed by atoms with van der Waals surface area (Å²) in [5, 5.41) is 8.21. The number of carbonyl (C=O) groups is 1. The molecule has 0 saturated carbocycles. The summed E-state index contributed by atoms with van der Waals surface area (Å²) in [4.78, 5) is 15.7. The maximum atomic E-state index is 12.7. The van der Waals surface area contributed by atoms with Gasteiger partial charge in [-0.05, 0) is 24.5 Å². The molecule has 1 saturated heterocycles. The van der Waals surface area contributed by atoms with E-state index >= 15 is 0 Å². The van der Waals surface area contributed by atoms with Crippen LogP contribution in [0.1, 0.15) is 30.0 Å². The highest BCUT2D eigenvalue weighted by atomic mass is 19.4. The summed E-state index contributed by atoms with van der Waals surface area (Å²) in [7, 11) is 0. The third-order valence-electron chi connectivity index (χ3n) is 4.19. The van der Waals surface area contributed by atoms with E-state index in [1.807, 2.05) is 0 Å². The van der Waals surface area contributed by atoms with Gasteiger partial charge in [0.15, 0.2) is 0 Å². The highest BCUT2D eigenvalue weighted by Gasteiger charge is 2.31. The molecule has 24 heavy (non-hydrogen) atoms. The van der Waals surface area contributed by atoms with Gasteiger partial charge in [0.2, 0.25) is 5.91 Å². The normalized spacial score (nSPS) is 16.4. The van der Waals surface area contributed by atoms with Crippen LogP contribution >= 0.6 is 0 Å². The van der Waals surface area contributed by atoms with Crippen LogP contribution in [-0.2, 0) is 17.4 Å². The number of nitrogens with zero attached hydrogens (tertiary/aromatic N) is 4. The first kappa shape index (κ1) is 16.5. The van der Waals surface area contributed by atoms with Crippen LogP contribution in [0.4, 0.5) is 13.2 Å². The Labute approximate surface area is 137 Å². The van der Waals surface area contributed by atoms with Gasteiger partial charge in [0.25, 0.3) is 0 Å². The smallest absolute Gasteiger partial charge is 0.342 e. The van der Waals surface area contributed by atoms with Gasteiger partial charge in [-0.2, -0.15) is 28.2 Å². The van der Waals surface area contributed by atoms with E-state index in [1.165, 1.54) is 6.07 Å². The molecule has 0 N–H and O–H groups in total. The first-order valence-electron chi connectivity index (χ1n) is 7.73. The number of piperidine rings is 1. The molecule has 0 unspecified atom stereocenters. The number of halogens is 3. The minimum Gasteiger partial charge on any atom is -0.342 e. The summed E-state index contributed by atoms with van der Waals surface area (Å²) in [6.45, 7) is 1.12. The molecule has 2 aromatic rings. The molecule has 1 aliphatic heterocycles. The zero-order chi connectivity index (χ0) is 17.2. The van der Waals surface area contributed by atoms with Crippen molar-refractivity contribution in [3.63, 3.8) is 0 Å². The fraction of sp³-hybridized carbons (Fsp3) is 0.438. The number of likely N-dealkylation sites (tertiary alicyclic amines) is 1. The van der Waals surface area contributed by atoms with Crippen molar-refractivity contribution in [1.82, 2.24) is 19.9 Å². The van der Waals surface area contributed by atoms with E-state index in [1.54, 1.807) is 28.2 Å². The predicted octanol–water partition coefficient (Wildman–Crippen LogP) is 2.70. The van der Waals surface area contributed by atoms with Gasteiger partial charge in [-0.3, -0.25) is 4.79 Å². The van der Waals surface area contributed by atoms with Crippen LogP contribution in [-0.4, -0.2) is 38.9 Å². The van der Waals surface area contributed by atoms with Crippen molar-refractivity contribution < 1.29 is 18.0 Å². The Morgan fingerprint density at radius 2 is 1.83 bits per heavy atom. The van der Waals surface area contributed by atoms with Gasteiger partial charge in [0.05, 0.1) is 30.4 Å². The lowest BCUT2D eigenvalue weighted by molar-refractivity contribution is -0.138. The number of aromatic nitrogens is 3. The van der Waals surface area contributed by atoms with E-state index in [2.05, 4.69) is 10.2 Å². The number of hydrogen-bond acceptors (Lipinski definition) is 3. The summed E-state index contributed by atoms with van der Waals surface area (Å²) in [5.74, 6) is -0.152. The molecule has 3 rings (SSSR count). The third-order valence-corrected chi connectivity index (χ3v) is 4.19. The van der Waals surface area contributed by atoms with E-state index in [9.17, 15) is 18.0 Å². The van der Waals surface area contributed by atoms with Crippen molar-refractivity contribution in [2.75, 3.05) is 13.1 Å². The van der Waals surface area contributed by atoms with Crippen molar-refractivity contribution in [3.8, 4) is 0 Å². The van der Waals surface area contributed by atoms with Crippen LogP contribution < -0.4 is 0 Å². The number of hydrogen-bond donors (Lipinski definition) is 0. The van der Waals surface area contributed by atoms with Crippen LogP contribution in [0.2, 0.25) is 0 Å². The Morgan fingerprint density at radius 3 is 2.46 bits per heavy atom. The van der Waals surface area contributed by atoms with Gasteiger partial charge in [-0.25, -0.2) is 0 Å². The van der Waals surface area contributed by atoms with Crippen molar-refractivity contribution >= 4 is 5.91 Å². The number of carbonyl (C=O) groups excluding carboxylic acids is 1. The topological polar surface area (TPSA) is 51.0 Å².